The Bertz CT molecular complexity index is 966. The molecule has 1 aliphatic heterocycles. The highest BCUT2D eigenvalue weighted by Gasteiger charge is 2.30. The summed E-state index contributed by atoms with van der Waals surface area (Å²) in [6.07, 6.45) is 3.69. The normalized spacial score (nSPS) is 15.4. The van der Waals surface area contributed by atoms with E-state index in [-0.39, 0.29) is 18.0 Å². The van der Waals surface area contributed by atoms with Crippen molar-refractivity contribution in [2.45, 2.75) is 31.7 Å². The fourth-order valence-corrected chi connectivity index (χ4v) is 4.33. The molecule has 0 saturated carbocycles. The second-order valence-corrected chi connectivity index (χ2v) is 8.46. The van der Waals surface area contributed by atoms with Crippen molar-refractivity contribution < 1.29 is 4.79 Å². The molecule has 1 unspecified atom stereocenters. The lowest BCUT2D eigenvalue weighted by Crippen LogP contribution is -2.46. The van der Waals surface area contributed by atoms with Crippen LogP contribution in [0.1, 0.15) is 36.8 Å². The minimum Gasteiger partial charge on any atom is -0.370 e. The van der Waals surface area contributed by atoms with Crippen molar-refractivity contribution in [2.75, 3.05) is 36.8 Å². The van der Waals surface area contributed by atoms with Crippen LogP contribution in [0.3, 0.4) is 0 Å². The minimum atomic E-state index is -0.0757. The Morgan fingerprint density at radius 2 is 1.79 bits per heavy atom. The summed E-state index contributed by atoms with van der Waals surface area (Å²) in [5.74, 6) is 0.869. The Labute approximate surface area is 196 Å². The first kappa shape index (κ1) is 22.8. The van der Waals surface area contributed by atoms with E-state index in [9.17, 15) is 4.79 Å². The van der Waals surface area contributed by atoms with Gasteiger partial charge in [-0.2, -0.15) is 0 Å². The number of nitrogens with zero attached hydrogens (tertiary/aromatic N) is 2. The number of nitrogens with one attached hydrogen (secondary N) is 3. The van der Waals surface area contributed by atoms with Crippen molar-refractivity contribution in [3.63, 3.8) is 0 Å². The first-order valence-electron chi connectivity index (χ1n) is 11.8. The molecule has 3 aromatic rings. The zero-order valence-corrected chi connectivity index (χ0v) is 19.2. The number of rotatable bonds is 9. The van der Waals surface area contributed by atoms with Crippen molar-refractivity contribution in [1.29, 1.82) is 0 Å². The highest BCUT2D eigenvalue weighted by Crippen LogP contribution is 2.28. The van der Waals surface area contributed by atoms with Gasteiger partial charge in [-0.15, -0.1) is 0 Å². The molecular formula is C27H33N5O. The van der Waals surface area contributed by atoms with E-state index in [1.807, 2.05) is 29.2 Å². The Balaban J connectivity index is 1.58. The Hall–Kier alpha value is -3.38. The van der Waals surface area contributed by atoms with Crippen LogP contribution in [0.15, 0.2) is 79.0 Å². The molecule has 172 valence electrons. The number of carbonyl (C=O) groups excluding carboxylic acids is 1. The molecule has 3 N–H and O–H groups in total. The third kappa shape index (κ3) is 6.11. The molecule has 0 spiro atoms. The van der Waals surface area contributed by atoms with Crippen LogP contribution in [0.2, 0.25) is 0 Å². The standard InChI is InChI=1S/C27H33N5O/c1-2-15-29-26-18-23(13-17-30-26)31-27(33)32(24-14-16-28-19-24)20-25(21-9-5-3-6-10-21)22-11-7-4-8-12-22/h3-13,17-18,24-25,28H,2,14-16,19-20H2,1H3,(H2,29,30,31,33). The van der Waals surface area contributed by atoms with Gasteiger partial charge in [0.25, 0.3) is 0 Å². The lowest BCUT2D eigenvalue weighted by molar-refractivity contribution is 0.190. The van der Waals surface area contributed by atoms with Gasteiger partial charge in [-0.3, -0.25) is 0 Å². The fourth-order valence-electron chi connectivity index (χ4n) is 4.33. The highest BCUT2D eigenvalue weighted by molar-refractivity contribution is 5.90. The Morgan fingerprint density at radius 1 is 1.09 bits per heavy atom. The minimum absolute atomic E-state index is 0.0757. The van der Waals surface area contributed by atoms with Gasteiger partial charge in [-0.1, -0.05) is 67.6 Å². The number of hydrogen-bond donors (Lipinski definition) is 3. The van der Waals surface area contributed by atoms with Gasteiger partial charge in [0.1, 0.15) is 5.82 Å². The smallest absolute Gasteiger partial charge is 0.322 e. The maximum Gasteiger partial charge on any atom is 0.322 e. The molecular weight excluding hydrogens is 410 g/mol. The summed E-state index contributed by atoms with van der Waals surface area (Å²) >= 11 is 0. The summed E-state index contributed by atoms with van der Waals surface area (Å²) in [5, 5.41) is 9.82. The Morgan fingerprint density at radius 3 is 2.39 bits per heavy atom. The van der Waals surface area contributed by atoms with Crippen LogP contribution in [0.4, 0.5) is 16.3 Å². The number of amides is 2. The van der Waals surface area contributed by atoms with Crippen molar-refractivity contribution >= 4 is 17.5 Å². The van der Waals surface area contributed by atoms with Gasteiger partial charge < -0.3 is 20.9 Å². The quantitative estimate of drug-likeness (QED) is 0.439. The fraction of sp³-hybridized carbons (Fsp3) is 0.333. The van der Waals surface area contributed by atoms with Gasteiger partial charge in [-0.25, -0.2) is 9.78 Å². The van der Waals surface area contributed by atoms with Crippen LogP contribution in [-0.2, 0) is 0 Å². The third-order valence-corrected chi connectivity index (χ3v) is 6.09. The lowest BCUT2D eigenvalue weighted by atomic mass is 9.90. The molecule has 1 aliphatic rings. The molecule has 33 heavy (non-hydrogen) atoms. The SMILES string of the molecule is CCCNc1cc(NC(=O)N(CC(c2ccccc2)c2ccccc2)C2CCNC2)ccn1. The van der Waals surface area contributed by atoms with Crippen molar-refractivity contribution in [2.24, 2.45) is 0 Å². The van der Waals surface area contributed by atoms with Gasteiger partial charge in [-0.05, 0) is 36.6 Å². The van der Waals surface area contributed by atoms with E-state index in [0.717, 1.165) is 44.0 Å². The first-order valence-corrected chi connectivity index (χ1v) is 11.8. The van der Waals surface area contributed by atoms with E-state index in [2.05, 4.69) is 76.4 Å². The summed E-state index contributed by atoms with van der Waals surface area (Å²) in [7, 11) is 0. The molecule has 0 radical (unpaired) electrons. The van der Waals surface area contributed by atoms with Gasteiger partial charge >= 0.3 is 6.03 Å². The average molecular weight is 444 g/mol. The predicted octanol–water partition coefficient (Wildman–Crippen LogP) is 4.93. The van der Waals surface area contributed by atoms with E-state index < -0.39 is 0 Å². The van der Waals surface area contributed by atoms with E-state index in [1.54, 1.807) is 6.20 Å². The maximum atomic E-state index is 13.6. The molecule has 2 amide bonds. The summed E-state index contributed by atoms with van der Waals surface area (Å²) in [6, 6.07) is 24.7. The van der Waals surface area contributed by atoms with Gasteiger partial charge in [0, 0.05) is 49.5 Å². The Kier molecular flexibility index (Phi) is 7.93. The molecule has 0 aliphatic carbocycles. The molecule has 2 aromatic carbocycles. The zero-order chi connectivity index (χ0) is 22.9. The van der Waals surface area contributed by atoms with Crippen molar-refractivity contribution in [3.05, 3.63) is 90.1 Å². The summed E-state index contributed by atoms with van der Waals surface area (Å²) in [4.78, 5) is 19.9. The van der Waals surface area contributed by atoms with E-state index in [4.69, 9.17) is 0 Å². The van der Waals surface area contributed by atoms with Crippen LogP contribution in [0.5, 0.6) is 0 Å². The molecule has 1 saturated heterocycles. The molecule has 6 heteroatoms. The number of anilines is 2. The van der Waals surface area contributed by atoms with E-state index >= 15 is 0 Å². The van der Waals surface area contributed by atoms with Gasteiger partial charge in [0.05, 0.1) is 0 Å². The summed E-state index contributed by atoms with van der Waals surface area (Å²) < 4.78 is 0. The van der Waals surface area contributed by atoms with Crippen LogP contribution in [0.25, 0.3) is 0 Å². The zero-order valence-electron chi connectivity index (χ0n) is 19.2. The largest absolute Gasteiger partial charge is 0.370 e. The topological polar surface area (TPSA) is 69.3 Å². The van der Waals surface area contributed by atoms with E-state index in [0.29, 0.717) is 6.54 Å². The molecule has 1 atom stereocenters. The average Bonchev–Trinajstić information content (AvgIpc) is 3.39. The van der Waals surface area contributed by atoms with Crippen LogP contribution >= 0.6 is 0 Å². The monoisotopic (exact) mass is 443 g/mol. The first-order chi connectivity index (χ1) is 16.2. The van der Waals surface area contributed by atoms with Gasteiger partial charge in [0.2, 0.25) is 0 Å². The lowest BCUT2D eigenvalue weighted by Gasteiger charge is -2.33. The summed E-state index contributed by atoms with van der Waals surface area (Å²) in [5.41, 5.74) is 3.17. The van der Waals surface area contributed by atoms with Crippen molar-refractivity contribution in [3.8, 4) is 0 Å². The van der Waals surface area contributed by atoms with Crippen molar-refractivity contribution in [1.82, 2.24) is 15.2 Å². The number of aromatic nitrogens is 1. The number of urea groups is 1. The van der Waals surface area contributed by atoms with Crippen LogP contribution in [-0.4, -0.2) is 48.1 Å². The van der Waals surface area contributed by atoms with Crippen LogP contribution < -0.4 is 16.0 Å². The maximum absolute atomic E-state index is 13.6. The van der Waals surface area contributed by atoms with Crippen LogP contribution in [0, 0.1) is 0 Å². The molecule has 4 rings (SSSR count). The number of carbonyl (C=O) groups is 1. The second kappa shape index (κ2) is 11.5. The van der Waals surface area contributed by atoms with E-state index in [1.165, 1.54) is 11.1 Å². The second-order valence-electron chi connectivity index (χ2n) is 8.46. The predicted molar refractivity (Wildman–Crippen MR) is 135 cm³/mol. The highest BCUT2D eigenvalue weighted by atomic mass is 16.2. The number of hydrogen-bond acceptors (Lipinski definition) is 4. The van der Waals surface area contributed by atoms with Gasteiger partial charge in [0.15, 0.2) is 0 Å². The molecule has 1 aromatic heterocycles. The molecule has 1 fully saturated rings. The number of pyridine rings is 1. The third-order valence-electron chi connectivity index (χ3n) is 6.09. The summed E-state index contributed by atoms with van der Waals surface area (Å²) in [6.45, 7) is 5.31. The molecule has 6 nitrogen and oxygen atoms in total. The molecule has 2 heterocycles. The molecule has 0 bridgehead atoms. The number of benzene rings is 2.